The van der Waals surface area contributed by atoms with Gasteiger partial charge in [0.15, 0.2) is 4.90 Å². The summed E-state index contributed by atoms with van der Waals surface area (Å²) in [7, 11) is -3.17. The molecular weight excluding hydrogens is 336 g/mol. The first-order valence-electron chi connectivity index (χ1n) is 6.16. The van der Waals surface area contributed by atoms with Crippen LogP contribution in [0.1, 0.15) is 6.92 Å². The highest BCUT2D eigenvalue weighted by atomic mass is 35.5. The summed E-state index contributed by atoms with van der Waals surface area (Å²) in [5, 5.41) is 11.0. The van der Waals surface area contributed by atoms with Gasteiger partial charge in [-0.15, -0.1) is 11.6 Å². The summed E-state index contributed by atoms with van der Waals surface area (Å²) in [4.78, 5) is 21.3. The maximum Gasteiger partial charge on any atom is 0.323 e. The van der Waals surface area contributed by atoms with Gasteiger partial charge in [0.05, 0.1) is 12.0 Å². The van der Waals surface area contributed by atoms with Gasteiger partial charge in [-0.2, -0.15) is 4.31 Å². The Kier molecular flexibility index (Phi) is 6.27. The molecule has 22 heavy (non-hydrogen) atoms. The zero-order chi connectivity index (χ0) is 16.9. The lowest BCUT2D eigenvalue weighted by Gasteiger charge is -2.25. The molecule has 1 aromatic carbocycles. The van der Waals surface area contributed by atoms with E-state index in [9.17, 15) is 23.3 Å². The molecule has 0 aromatic heterocycles. The molecule has 0 saturated carbocycles. The van der Waals surface area contributed by atoms with Crippen molar-refractivity contribution in [2.24, 2.45) is 0 Å². The number of carbonyl (C=O) groups excluding carboxylic acids is 1. The van der Waals surface area contributed by atoms with Crippen molar-refractivity contribution in [2.75, 3.05) is 19.5 Å². The van der Waals surface area contributed by atoms with Crippen LogP contribution in [0.4, 0.5) is 5.69 Å². The van der Waals surface area contributed by atoms with Crippen LogP contribution in [0.5, 0.6) is 0 Å². The standard InChI is InChI=1S/C12H15ClN2O6S/c1-9(12(16)21-2)14(8-7-13)22(19,20)11-6-4-3-5-10(11)15(17)18/h3-6,9H,7-8H2,1-2H3. The van der Waals surface area contributed by atoms with Crippen molar-refractivity contribution in [1.29, 1.82) is 0 Å². The van der Waals surface area contributed by atoms with Crippen molar-refractivity contribution in [2.45, 2.75) is 17.9 Å². The van der Waals surface area contributed by atoms with Crippen molar-refractivity contribution in [3.8, 4) is 0 Å². The number of carbonyl (C=O) groups is 1. The van der Waals surface area contributed by atoms with E-state index >= 15 is 0 Å². The number of rotatable bonds is 7. The van der Waals surface area contributed by atoms with E-state index in [4.69, 9.17) is 11.6 Å². The van der Waals surface area contributed by atoms with Crippen LogP contribution in [-0.2, 0) is 19.6 Å². The highest BCUT2D eigenvalue weighted by Gasteiger charge is 2.36. The van der Waals surface area contributed by atoms with Crippen LogP contribution in [-0.4, -0.2) is 49.2 Å². The number of methoxy groups -OCH3 is 1. The molecular formula is C12H15ClN2O6S. The van der Waals surface area contributed by atoms with E-state index in [-0.39, 0.29) is 12.4 Å². The van der Waals surface area contributed by atoms with Crippen molar-refractivity contribution in [3.05, 3.63) is 34.4 Å². The zero-order valence-corrected chi connectivity index (χ0v) is 13.5. The molecule has 8 nitrogen and oxygen atoms in total. The second kappa shape index (κ2) is 7.52. The maximum atomic E-state index is 12.7. The molecule has 0 bridgehead atoms. The SMILES string of the molecule is COC(=O)C(C)N(CCCl)S(=O)(=O)c1ccccc1[N+](=O)[O-]. The number of ether oxygens (including phenoxy) is 1. The molecule has 122 valence electrons. The number of para-hydroxylation sites is 1. The average Bonchev–Trinajstić information content (AvgIpc) is 2.50. The quantitative estimate of drug-likeness (QED) is 0.318. The number of hydrogen-bond donors (Lipinski definition) is 0. The third-order valence-electron chi connectivity index (χ3n) is 2.93. The van der Waals surface area contributed by atoms with Gasteiger partial charge in [-0.3, -0.25) is 14.9 Å². The fraction of sp³-hybridized carbons (Fsp3) is 0.417. The Hall–Kier alpha value is -1.71. The van der Waals surface area contributed by atoms with Gasteiger partial charge in [0.25, 0.3) is 15.7 Å². The van der Waals surface area contributed by atoms with Crippen LogP contribution >= 0.6 is 11.6 Å². The molecule has 0 saturated heterocycles. The van der Waals surface area contributed by atoms with Crippen LogP contribution in [0, 0.1) is 10.1 Å². The molecule has 1 rings (SSSR count). The van der Waals surface area contributed by atoms with Gasteiger partial charge >= 0.3 is 5.97 Å². The maximum absolute atomic E-state index is 12.7. The van der Waals surface area contributed by atoms with E-state index in [1.54, 1.807) is 0 Å². The molecule has 1 aromatic rings. The van der Waals surface area contributed by atoms with E-state index in [0.29, 0.717) is 0 Å². The van der Waals surface area contributed by atoms with Crippen molar-refractivity contribution >= 4 is 33.3 Å². The largest absolute Gasteiger partial charge is 0.468 e. The van der Waals surface area contributed by atoms with E-state index in [0.717, 1.165) is 23.5 Å². The summed E-state index contributed by atoms with van der Waals surface area (Å²) >= 11 is 5.59. The van der Waals surface area contributed by atoms with Crippen molar-refractivity contribution in [1.82, 2.24) is 4.31 Å². The van der Waals surface area contributed by atoms with Gasteiger partial charge < -0.3 is 4.74 Å². The molecule has 0 heterocycles. The van der Waals surface area contributed by atoms with E-state index in [1.807, 2.05) is 0 Å². The molecule has 10 heteroatoms. The van der Waals surface area contributed by atoms with Gasteiger partial charge in [-0.1, -0.05) is 12.1 Å². The minimum absolute atomic E-state index is 0.0821. The molecule has 0 spiro atoms. The Bertz CT molecular complexity index is 663. The molecule has 0 N–H and O–H groups in total. The molecule has 0 aliphatic rings. The second-order valence-electron chi connectivity index (χ2n) is 4.23. The number of nitrogens with zero attached hydrogens (tertiary/aromatic N) is 2. The van der Waals surface area contributed by atoms with E-state index in [2.05, 4.69) is 4.74 Å². The first kappa shape index (κ1) is 18.3. The number of sulfonamides is 1. The Balaban J connectivity index is 3.41. The third kappa shape index (κ3) is 3.73. The summed E-state index contributed by atoms with van der Waals surface area (Å²) in [5.41, 5.74) is -0.570. The Labute approximate surface area is 132 Å². The number of nitro benzene ring substituents is 1. The molecule has 0 radical (unpaired) electrons. The lowest BCUT2D eigenvalue weighted by molar-refractivity contribution is -0.387. The molecule has 1 atom stereocenters. The first-order chi connectivity index (χ1) is 10.3. The predicted octanol–water partition coefficient (Wildman–Crippen LogP) is 1.39. The van der Waals surface area contributed by atoms with Crippen LogP contribution in [0.2, 0.25) is 0 Å². The Morgan fingerprint density at radius 1 is 1.45 bits per heavy atom. The summed E-state index contributed by atoms with van der Waals surface area (Å²) in [6, 6.07) is 3.75. The number of nitro groups is 1. The molecule has 1 unspecified atom stereocenters. The van der Waals surface area contributed by atoms with Gasteiger partial charge in [-0.05, 0) is 13.0 Å². The Morgan fingerprint density at radius 3 is 2.55 bits per heavy atom. The van der Waals surface area contributed by atoms with Crippen molar-refractivity contribution in [3.63, 3.8) is 0 Å². The molecule has 0 fully saturated rings. The molecule has 0 aliphatic carbocycles. The van der Waals surface area contributed by atoms with Gasteiger partial charge in [0.2, 0.25) is 0 Å². The summed E-state index contributed by atoms with van der Waals surface area (Å²) in [5.74, 6) is -0.867. The monoisotopic (exact) mass is 350 g/mol. The number of hydrogen-bond acceptors (Lipinski definition) is 6. The summed E-state index contributed by atoms with van der Waals surface area (Å²) < 4.78 is 30.6. The minimum Gasteiger partial charge on any atom is -0.468 e. The molecule has 0 aliphatic heterocycles. The fourth-order valence-electron chi connectivity index (χ4n) is 1.85. The van der Waals surface area contributed by atoms with Gasteiger partial charge in [-0.25, -0.2) is 8.42 Å². The number of benzene rings is 1. The highest BCUT2D eigenvalue weighted by Crippen LogP contribution is 2.27. The molecule has 0 amide bonds. The smallest absolute Gasteiger partial charge is 0.323 e. The van der Waals surface area contributed by atoms with Crippen LogP contribution in [0.25, 0.3) is 0 Å². The van der Waals surface area contributed by atoms with Crippen LogP contribution < -0.4 is 0 Å². The number of alkyl halides is 1. The minimum atomic E-state index is -4.29. The van der Waals surface area contributed by atoms with Crippen LogP contribution in [0.3, 0.4) is 0 Å². The highest BCUT2D eigenvalue weighted by molar-refractivity contribution is 7.89. The van der Waals surface area contributed by atoms with Crippen LogP contribution in [0.15, 0.2) is 29.2 Å². The topological polar surface area (TPSA) is 107 Å². The van der Waals surface area contributed by atoms with E-state index < -0.39 is 37.5 Å². The second-order valence-corrected chi connectivity index (χ2v) is 6.47. The number of esters is 1. The first-order valence-corrected chi connectivity index (χ1v) is 8.13. The van der Waals surface area contributed by atoms with E-state index in [1.165, 1.54) is 19.1 Å². The summed E-state index contributed by atoms with van der Waals surface area (Å²) in [6.07, 6.45) is 0. The third-order valence-corrected chi connectivity index (χ3v) is 5.11. The zero-order valence-electron chi connectivity index (χ0n) is 11.9. The van der Waals surface area contributed by atoms with Crippen molar-refractivity contribution < 1.29 is 22.9 Å². The fourth-order valence-corrected chi connectivity index (χ4v) is 3.87. The number of halogens is 1. The Morgan fingerprint density at radius 2 is 2.05 bits per heavy atom. The predicted molar refractivity (Wildman–Crippen MR) is 79.2 cm³/mol. The van der Waals surface area contributed by atoms with Gasteiger partial charge in [0.1, 0.15) is 6.04 Å². The van der Waals surface area contributed by atoms with Gasteiger partial charge in [0, 0.05) is 18.5 Å². The average molecular weight is 351 g/mol. The lowest BCUT2D eigenvalue weighted by atomic mass is 10.3. The lowest BCUT2D eigenvalue weighted by Crippen LogP contribution is -2.44. The normalized spacial score (nSPS) is 12.9. The summed E-state index contributed by atoms with van der Waals surface area (Å²) in [6.45, 7) is 1.14.